The van der Waals surface area contributed by atoms with E-state index in [1.165, 1.54) is 0 Å². The molecule has 1 atom stereocenters. The van der Waals surface area contributed by atoms with E-state index in [-0.39, 0.29) is 12.3 Å². The highest BCUT2D eigenvalue weighted by Crippen LogP contribution is 2.30. The first kappa shape index (κ1) is 21.7. The lowest BCUT2D eigenvalue weighted by atomic mass is 9.92. The monoisotopic (exact) mass is 469 g/mol. The molecule has 0 spiro atoms. The maximum absolute atomic E-state index is 13.8. The summed E-state index contributed by atoms with van der Waals surface area (Å²) in [6.07, 6.45) is 0.282. The van der Waals surface area contributed by atoms with Crippen LogP contribution in [0.4, 0.5) is 0 Å². The summed E-state index contributed by atoms with van der Waals surface area (Å²) < 4.78 is 0. The molecule has 0 radical (unpaired) electrons. The molecule has 0 fully saturated rings. The number of hydrogen-bond donors (Lipinski definition) is 2. The van der Waals surface area contributed by atoms with Crippen molar-refractivity contribution in [3.8, 4) is 0 Å². The number of carbonyl (C=O) groups is 2. The first-order valence-electron chi connectivity index (χ1n) is 11.9. The van der Waals surface area contributed by atoms with Crippen LogP contribution in [-0.4, -0.2) is 22.8 Å². The molecule has 6 aromatic rings. The van der Waals surface area contributed by atoms with Gasteiger partial charge < -0.3 is 11.1 Å². The Kier molecular flexibility index (Phi) is 5.30. The van der Waals surface area contributed by atoms with E-state index < -0.39 is 11.9 Å². The van der Waals surface area contributed by atoms with Gasteiger partial charge in [0.2, 0.25) is 5.91 Å². The van der Waals surface area contributed by atoms with Crippen molar-refractivity contribution in [1.82, 2.24) is 10.3 Å². The van der Waals surface area contributed by atoms with Crippen molar-refractivity contribution in [3.63, 3.8) is 0 Å². The molecule has 174 valence electrons. The molecule has 0 aliphatic rings. The number of primary amides is 1. The molecule has 0 saturated heterocycles. The van der Waals surface area contributed by atoms with Gasteiger partial charge >= 0.3 is 0 Å². The fourth-order valence-corrected chi connectivity index (χ4v) is 5.07. The topological polar surface area (TPSA) is 85.1 Å². The summed E-state index contributed by atoms with van der Waals surface area (Å²) in [5, 5.41) is 8.64. The van der Waals surface area contributed by atoms with Crippen molar-refractivity contribution in [2.75, 3.05) is 0 Å². The number of rotatable bonds is 5. The number of nitrogens with two attached hydrogens (primary N) is 1. The van der Waals surface area contributed by atoms with E-state index in [2.05, 4.69) is 23.5 Å². The Bertz CT molecular complexity index is 1700. The summed E-state index contributed by atoms with van der Waals surface area (Å²) in [7, 11) is 0. The third-order valence-corrected chi connectivity index (χ3v) is 6.75. The molecule has 3 N–H and O–H groups in total. The molecule has 6 rings (SSSR count). The summed E-state index contributed by atoms with van der Waals surface area (Å²) in [6.45, 7) is 0. The maximum Gasteiger partial charge on any atom is 0.253 e. The van der Waals surface area contributed by atoms with Crippen molar-refractivity contribution in [3.05, 3.63) is 114 Å². The van der Waals surface area contributed by atoms with Gasteiger partial charge in [-0.2, -0.15) is 0 Å². The summed E-state index contributed by atoms with van der Waals surface area (Å²) in [5.41, 5.74) is 8.77. The molecule has 5 aromatic carbocycles. The van der Waals surface area contributed by atoms with Crippen molar-refractivity contribution in [2.45, 2.75) is 12.5 Å². The summed E-state index contributed by atoms with van der Waals surface area (Å²) >= 11 is 0. The van der Waals surface area contributed by atoms with Gasteiger partial charge in [-0.25, -0.2) is 4.98 Å². The van der Waals surface area contributed by atoms with Crippen LogP contribution < -0.4 is 11.1 Å². The van der Waals surface area contributed by atoms with E-state index in [1.807, 2.05) is 84.9 Å². The SMILES string of the molecule is NC(=O)[C@H](Cc1c2ccccc2cc2ccccc12)NC(=O)c1c2ccccc2nc2ccccc12. The van der Waals surface area contributed by atoms with Crippen LogP contribution in [-0.2, 0) is 11.2 Å². The van der Waals surface area contributed by atoms with E-state index in [0.717, 1.165) is 48.9 Å². The number of hydrogen-bond acceptors (Lipinski definition) is 3. The summed E-state index contributed by atoms with van der Waals surface area (Å²) in [6, 6.07) is 32.4. The van der Waals surface area contributed by atoms with Crippen molar-refractivity contribution in [1.29, 1.82) is 0 Å². The van der Waals surface area contributed by atoms with Gasteiger partial charge in [0, 0.05) is 17.2 Å². The summed E-state index contributed by atoms with van der Waals surface area (Å²) in [4.78, 5) is 31.1. The predicted molar refractivity (Wildman–Crippen MR) is 145 cm³/mol. The second kappa shape index (κ2) is 8.78. The smallest absolute Gasteiger partial charge is 0.253 e. The number of para-hydroxylation sites is 2. The van der Waals surface area contributed by atoms with Gasteiger partial charge in [0.1, 0.15) is 6.04 Å². The van der Waals surface area contributed by atoms with Crippen LogP contribution in [0.1, 0.15) is 15.9 Å². The molecule has 1 aromatic heterocycles. The van der Waals surface area contributed by atoms with Crippen molar-refractivity contribution in [2.24, 2.45) is 5.73 Å². The standard InChI is InChI=1S/C31H23N3O2/c32-30(35)28(18-25-21-11-3-1-9-19(21)17-20-10-2-4-12-22(20)25)34-31(36)29-23-13-5-7-15-26(23)33-27-16-8-6-14-24(27)29/h1-17,28H,18H2,(H2,32,35)(H,34,36)/t28-/m0/s1. The third kappa shape index (κ3) is 3.71. The first-order chi connectivity index (χ1) is 17.6. The highest BCUT2D eigenvalue weighted by atomic mass is 16.2. The molecule has 5 nitrogen and oxygen atoms in total. The van der Waals surface area contributed by atoms with Gasteiger partial charge in [0.05, 0.1) is 16.6 Å². The second-order valence-electron chi connectivity index (χ2n) is 8.95. The van der Waals surface area contributed by atoms with E-state index >= 15 is 0 Å². The van der Waals surface area contributed by atoms with E-state index in [4.69, 9.17) is 10.7 Å². The molecule has 1 heterocycles. The Labute approximate surface area is 207 Å². The van der Waals surface area contributed by atoms with E-state index in [9.17, 15) is 9.59 Å². The zero-order valence-electron chi connectivity index (χ0n) is 19.4. The van der Waals surface area contributed by atoms with Crippen molar-refractivity contribution < 1.29 is 9.59 Å². The molecule has 5 heteroatoms. The number of aromatic nitrogens is 1. The third-order valence-electron chi connectivity index (χ3n) is 6.75. The van der Waals surface area contributed by atoms with Crippen molar-refractivity contribution >= 4 is 55.2 Å². The Balaban J connectivity index is 1.46. The zero-order chi connectivity index (χ0) is 24.6. The van der Waals surface area contributed by atoms with Crippen LogP contribution in [0.15, 0.2) is 103 Å². The number of pyridine rings is 1. The lowest BCUT2D eigenvalue weighted by molar-refractivity contribution is -0.119. The fraction of sp³-hybridized carbons (Fsp3) is 0.0645. The van der Waals surface area contributed by atoms with Crippen LogP contribution in [0, 0.1) is 0 Å². The van der Waals surface area contributed by atoms with E-state index in [1.54, 1.807) is 0 Å². The first-order valence-corrected chi connectivity index (χ1v) is 11.9. The highest BCUT2D eigenvalue weighted by Gasteiger charge is 2.24. The van der Waals surface area contributed by atoms with Crippen LogP contribution in [0.3, 0.4) is 0 Å². The largest absolute Gasteiger partial charge is 0.368 e. The fourth-order valence-electron chi connectivity index (χ4n) is 5.07. The average molecular weight is 470 g/mol. The van der Waals surface area contributed by atoms with Crippen LogP contribution >= 0.6 is 0 Å². The van der Waals surface area contributed by atoms with Gasteiger partial charge in [0.15, 0.2) is 0 Å². The average Bonchev–Trinajstić information content (AvgIpc) is 2.90. The minimum Gasteiger partial charge on any atom is -0.368 e. The maximum atomic E-state index is 13.8. The van der Waals surface area contributed by atoms with Gasteiger partial charge in [-0.3, -0.25) is 9.59 Å². The Morgan fingerprint density at radius 3 is 1.69 bits per heavy atom. The quantitative estimate of drug-likeness (QED) is 0.326. The highest BCUT2D eigenvalue weighted by molar-refractivity contribution is 6.17. The van der Waals surface area contributed by atoms with Gasteiger partial charge in [-0.1, -0.05) is 84.9 Å². The number of nitrogens with zero attached hydrogens (tertiary/aromatic N) is 1. The number of benzene rings is 5. The number of nitrogens with one attached hydrogen (secondary N) is 1. The molecule has 0 bridgehead atoms. The van der Waals surface area contributed by atoms with E-state index in [0.29, 0.717) is 5.56 Å². The molecular weight excluding hydrogens is 446 g/mol. The number of amides is 2. The molecule has 2 amide bonds. The van der Waals surface area contributed by atoms with Crippen LogP contribution in [0.25, 0.3) is 43.4 Å². The molecule has 0 unspecified atom stereocenters. The zero-order valence-corrected chi connectivity index (χ0v) is 19.4. The van der Waals surface area contributed by atoms with Crippen LogP contribution in [0.2, 0.25) is 0 Å². The van der Waals surface area contributed by atoms with Gasteiger partial charge in [0.25, 0.3) is 5.91 Å². The minimum atomic E-state index is -0.891. The number of carbonyl (C=O) groups excluding carboxylic acids is 2. The van der Waals surface area contributed by atoms with Crippen LogP contribution in [0.5, 0.6) is 0 Å². The molecular formula is C31H23N3O2. The van der Waals surface area contributed by atoms with Gasteiger partial charge in [-0.05, 0) is 45.3 Å². The Hall–Kier alpha value is -4.77. The number of fused-ring (bicyclic) bond motifs is 4. The molecule has 0 saturated carbocycles. The lowest BCUT2D eigenvalue weighted by Gasteiger charge is -2.20. The molecule has 0 aliphatic heterocycles. The Morgan fingerprint density at radius 1 is 0.694 bits per heavy atom. The Morgan fingerprint density at radius 2 is 1.17 bits per heavy atom. The molecule has 0 aliphatic carbocycles. The summed E-state index contributed by atoms with van der Waals surface area (Å²) in [5.74, 6) is -0.929. The van der Waals surface area contributed by atoms with Gasteiger partial charge in [-0.15, -0.1) is 0 Å². The lowest BCUT2D eigenvalue weighted by Crippen LogP contribution is -2.46. The molecule has 36 heavy (non-hydrogen) atoms. The predicted octanol–water partition coefficient (Wildman–Crippen LogP) is 5.52. The normalized spacial score (nSPS) is 12.2. The minimum absolute atomic E-state index is 0.282. The second-order valence-corrected chi connectivity index (χ2v) is 8.95.